The summed E-state index contributed by atoms with van der Waals surface area (Å²) in [6, 6.07) is 0. The average molecular weight is 429 g/mol. The van der Waals surface area contributed by atoms with Crippen LogP contribution in [0.4, 0.5) is 0 Å². The van der Waals surface area contributed by atoms with Crippen molar-refractivity contribution in [1.82, 2.24) is 0 Å². The molecular formula is C25H32O6. The normalized spacial score (nSPS) is 52.0. The zero-order valence-corrected chi connectivity index (χ0v) is 18.4. The number of Topliss-reactive ketones (excluding diaryl/α,β-unsaturated/α-hetero) is 1. The predicted molar refractivity (Wildman–Crippen MR) is 112 cm³/mol. The highest BCUT2D eigenvalue weighted by atomic mass is 16.4. The number of hydrogen-bond donors (Lipinski definition) is 3. The zero-order chi connectivity index (χ0) is 22.6. The highest BCUT2D eigenvalue weighted by Crippen LogP contribution is 2.79. The molecule has 3 N–H and O–H groups in total. The number of carbonyl (C=O) groups is 3. The highest BCUT2D eigenvalue weighted by molar-refractivity contribution is 5.86. The van der Waals surface area contributed by atoms with Crippen molar-refractivity contribution in [3.63, 3.8) is 0 Å². The molecule has 6 nitrogen and oxygen atoms in total. The third-order valence-electron chi connectivity index (χ3n) is 10.4. The average Bonchev–Trinajstić information content (AvgIpc) is 3.04. The largest absolute Gasteiger partial charge is 0.481 e. The number of fused-ring (bicyclic) bond motifs is 2. The standard InChI is InChI=1S/C25H32O6/c1-13(26)15-4-5-16-22(15,2)8-7-17-23(3)9-6-14(27)12-24(23)10-11-25(16,17)19(21(30)31)18(24)20(28)29/h7,10-11,14-16,18-19,27H,4-6,8-9,12H2,1-3H3,(H,28,29)(H,30,31)/t14-,15+,16-,18-,19-,22-,23-,24-,25-/m1/s1. The predicted octanol–water partition coefficient (Wildman–Crippen LogP) is 3.45. The van der Waals surface area contributed by atoms with E-state index >= 15 is 0 Å². The highest BCUT2D eigenvalue weighted by Gasteiger charge is 2.77. The van der Waals surface area contributed by atoms with Crippen molar-refractivity contribution in [2.24, 2.45) is 45.3 Å². The van der Waals surface area contributed by atoms with Crippen molar-refractivity contribution in [2.75, 3.05) is 0 Å². The molecule has 0 unspecified atom stereocenters. The number of carboxylic acid groups (broad SMARTS) is 2. The molecule has 0 aliphatic heterocycles. The summed E-state index contributed by atoms with van der Waals surface area (Å²) in [4.78, 5) is 38.0. The van der Waals surface area contributed by atoms with E-state index in [2.05, 4.69) is 19.9 Å². The van der Waals surface area contributed by atoms with Gasteiger partial charge in [-0.2, -0.15) is 0 Å². The Morgan fingerprint density at radius 2 is 1.68 bits per heavy atom. The molecule has 6 heteroatoms. The van der Waals surface area contributed by atoms with Gasteiger partial charge in [0.05, 0.1) is 17.9 Å². The van der Waals surface area contributed by atoms with Gasteiger partial charge < -0.3 is 15.3 Å². The summed E-state index contributed by atoms with van der Waals surface area (Å²) in [7, 11) is 0. The molecule has 168 valence electrons. The van der Waals surface area contributed by atoms with E-state index in [4.69, 9.17) is 0 Å². The lowest BCUT2D eigenvalue weighted by atomic mass is 9.30. The lowest BCUT2D eigenvalue weighted by Gasteiger charge is -2.72. The maximum Gasteiger partial charge on any atom is 0.308 e. The zero-order valence-electron chi connectivity index (χ0n) is 18.4. The smallest absolute Gasteiger partial charge is 0.308 e. The molecule has 0 aromatic rings. The van der Waals surface area contributed by atoms with Crippen molar-refractivity contribution in [1.29, 1.82) is 0 Å². The molecule has 0 saturated heterocycles. The molecule has 9 atom stereocenters. The van der Waals surface area contributed by atoms with Gasteiger partial charge in [0, 0.05) is 16.7 Å². The molecule has 3 fully saturated rings. The number of hydrogen-bond acceptors (Lipinski definition) is 4. The van der Waals surface area contributed by atoms with E-state index in [1.54, 1.807) is 6.92 Å². The summed E-state index contributed by atoms with van der Waals surface area (Å²) in [5.74, 6) is -4.47. The molecule has 6 aliphatic carbocycles. The van der Waals surface area contributed by atoms with Gasteiger partial charge >= 0.3 is 11.9 Å². The van der Waals surface area contributed by atoms with Crippen molar-refractivity contribution >= 4 is 17.7 Å². The summed E-state index contributed by atoms with van der Waals surface area (Å²) < 4.78 is 0. The SMILES string of the molecule is CC(=O)[C@@H]1CC[C@@H]2[C@]1(C)CC=C1[C@@]23C=C[C@@]2(C[C@H](O)CC[C@]12C)[C@@H](C(=O)O)[C@@H]3C(=O)O. The Balaban J connectivity index is 1.82. The van der Waals surface area contributed by atoms with Crippen molar-refractivity contribution in [2.45, 2.75) is 65.4 Å². The van der Waals surface area contributed by atoms with Crippen LogP contribution in [0.3, 0.4) is 0 Å². The second-order valence-electron chi connectivity index (χ2n) is 11.3. The van der Waals surface area contributed by atoms with Crippen LogP contribution in [0, 0.1) is 45.3 Å². The van der Waals surface area contributed by atoms with Crippen LogP contribution in [-0.4, -0.2) is 39.1 Å². The Morgan fingerprint density at radius 3 is 2.29 bits per heavy atom. The van der Waals surface area contributed by atoms with Crippen molar-refractivity contribution in [3.8, 4) is 0 Å². The summed E-state index contributed by atoms with van der Waals surface area (Å²) in [6.07, 6.45) is 9.16. The lowest BCUT2D eigenvalue weighted by Crippen LogP contribution is -2.70. The molecule has 0 amide bonds. The van der Waals surface area contributed by atoms with Crippen LogP contribution in [0.15, 0.2) is 23.8 Å². The second kappa shape index (κ2) is 6.09. The number of ketones is 1. The molecule has 0 aromatic carbocycles. The van der Waals surface area contributed by atoms with Crippen LogP contribution in [0.5, 0.6) is 0 Å². The van der Waals surface area contributed by atoms with Gasteiger partial charge in [0.2, 0.25) is 0 Å². The van der Waals surface area contributed by atoms with Gasteiger partial charge in [-0.15, -0.1) is 0 Å². The fourth-order valence-corrected chi connectivity index (χ4v) is 9.24. The Labute approximate surface area is 182 Å². The Bertz CT molecular complexity index is 950. The van der Waals surface area contributed by atoms with E-state index < -0.39 is 46.1 Å². The van der Waals surface area contributed by atoms with Gasteiger partial charge in [-0.1, -0.05) is 37.6 Å². The van der Waals surface area contributed by atoms with E-state index in [1.165, 1.54) is 0 Å². The van der Waals surface area contributed by atoms with Crippen LogP contribution in [-0.2, 0) is 14.4 Å². The molecule has 6 rings (SSSR count). The molecule has 6 aliphatic rings. The van der Waals surface area contributed by atoms with Crippen molar-refractivity contribution < 1.29 is 29.7 Å². The first-order valence-electron chi connectivity index (χ1n) is 11.5. The number of aliphatic hydroxyl groups excluding tert-OH is 1. The lowest BCUT2D eigenvalue weighted by molar-refractivity contribution is -0.195. The molecule has 2 bridgehead atoms. The molecule has 31 heavy (non-hydrogen) atoms. The second-order valence-corrected chi connectivity index (χ2v) is 11.3. The quantitative estimate of drug-likeness (QED) is 0.594. The van der Waals surface area contributed by atoms with Gasteiger partial charge in [0.1, 0.15) is 5.78 Å². The summed E-state index contributed by atoms with van der Waals surface area (Å²) in [5, 5.41) is 31.4. The van der Waals surface area contributed by atoms with Gasteiger partial charge in [-0.05, 0) is 62.2 Å². The van der Waals surface area contributed by atoms with E-state index in [0.717, 1.165) is 18.4 Å². The van der Waals surface area contributed by atoms with Gasteiger partial charge in [0.25, 0.3) is 0 Å². The van der Waals surface area contributed by atoms with E-state index in [-0.39, 0.29) is 29.5 Å². The van der Waals surface area contributed by atoms with E-state index in [1.807, 2.05) is 12.2 Å². The third-order valence-corrected chi connectivity index (χ3v) is 10.4. The summed E-state index contributed by atoms with van der Waals surface area (Å²) in [6.45, 7) is 5.82. The summed E-state index contributed by atoms with van der Waals surface area (Å²) in [5.41, 5.74) is -1.64. The van der Waals surface area contributed by atoms with Crippen LogP contribution in [0.25, 0.3) is 0 Å². The molecule has 3 saturated carbocycles. The Hall–Kier alpha value is -1.95. The Kier molecular flexibility index (Phi) is 4.11. The first kappa shape index (κ1) is 20.9. The number of rotatable bonds is 3. The Morgan fingerprint density at radius 1 is 1.00 bits per heavy atom. The fourth-order valence-electron chi connectivity index (χ4n) is 9.24. The molecule has 0 aromatic heterocycles. The molecular weight excluding hydrogens is 396 g/mol. The van der Waals surface area contributed by atoms with Gasteiger partial charge in [-0.25, -0.2) is 0 Å². The number of aliphatic carboxylic acids is 2. The van der Waals surface area contributed by atoms with Crippen LogP contribution >= 0.6 is 0 Å². The molecule has 0 heterocycles. The minimum atomic E-state index is -1.11. The number of allylic oxidation sites excluding steroid dienone is 4. The summed E-state index contributed by atoms with van der Waals surface area (Å²) >= 11 is 0. The molecule has 2 spiro atoms. The van der Waals surface area contributed by atoms with Crippen LogP contribution in [0.2, 0.25) is 0 Å². The van der Waals surface area contributed by atoms with Crippen LogP contribution in [0.1, 0.15) is 59.3 Å². The third kappa shape index (κ3) is 2.15. The number of aliphatic hydroxyl groups is 1. The van der Waals surface area contributed by atoms with E-state index in [9.17, 15) is 29.7 Å². The van der Waals surface area contributed by atoms with E-state index in [0.29, 0.717) is 19.3 Å². The number of carboxylic acids is 2. The maximum atomic E-state index is 12.8. The minimum absolute atomic E-state index is 0.0879. The fraction of sp³-hybridized carbons (Fsp3) is 0.720. The number of carbonyl (C=O) groups excluding carboxylic acids is 1. The first-order chi connectivity index (χ1) is 14.5. The first-order valence-corrected chi connectivity index (χ1v) is 11.5. The maximum absolute atomic E-state index is 12.8. The molecule has 0 radical (unpaired) electrons. The monoisotopic (exact) mass is 428 g/mol. The van der Waals surface area contributed by atoms with Gasteiger partial charge in [-0.3, -0.25) is 14.4 Å². The van der Waals surface area contributed by atoms with Crippen molar-refractivity contribution in [3.05, 3.63) is 23.8 Å². The minimum Gasteiger partial charge on any atom is -0.481 e. The van der Waals surface area contributed by atoms with Crippen LogP contribution < -0.4 is 0 Å². The van der Waals surface area contributed by atoms with Gasteiger partial charge in [0.15, 0.2) is 0 Å². The topological polar surface area (TPSA) is 112 Å².